The predicted octanol–water partition coefficient (Wildman–Crippen LogP) is 5.53. The van der Waals surface area contributed by atoms with Crippen LogP contribution in [-0.2, 0) is 19.7 Å². The topological polar surface area (TPSA) is 112 Å². The molecule has 3 fully saturated rings. The van der Waals surface area contributed by atoms with E-state index in [9.17, 15) is 4.79 Å². The molecule has 12 nitrogen and oxygen atoms in total. The third-order valence-electron chi connectivity index (χ3n) is 10.0. The smallest absolute Gasteiger partial charge is 0.328 e. The largest absolute Gasteiger partial charge is 0.497 e. The Labute approximate surface area is 295 Å². The van der Waals surface area contributed by atoms with Crippen molar-refractivity contribution in [1.29, 1.82) is 0 Å². The third-order valence-corrected chi connectivity index (χ3v) is 10.0. The van der Waals surface area contributed by atoms with Crippen LogP contribution in [0.3, 0.4) is 0 Å². The first-order chi connectivity index (χ1) is 25.1. The van der Waals surface area contributed by atoms with E-state index in [0.717, 1.165) is 22.4 Å². The van der Waals surface area contributed by atoms with Crippen LogP contribution in [0.4, 0.5) is 17.6 Å². The lowest BCUT2D eigenvalue weighted by atomic mass is 9.58. The summed E-state index contributed by atoms with van der Waals surface area (Å²) in [5, 5.41) is 0. The molecule has 1 aromatic heterocycles. The van der Waals surface area contributed by atoms with E-state index in [2.05, 4.69) is 9.80 Å². The molecule has 1 atom stereocenters. The Kier molecular flexibility index (Phi) is 7.89. The zero-order valence-electron chi connectivity index (χ0n) is 28.1. The van der Waals surface area contributed by atoms with Crippen molar-refractivity contribution in [3.63, 3.8) is 0 Å². The minimum absolute atomic E-state index is 0.0299. The van der Waals surface area contributed by atoms with Crippen molar-refractivity contribution in [2.45, 2.75) is 11.5 Å². The van der Waals surface area contributed by atoms with Gasteiger partial charge in [0.1, 0.15) is 28.4 Å². The summed E-state index contributed by atoms with van der Waals surface area (Å²) < 4.78 is 29.3. The highest BCUT2D eigenvalue weighted by molar-refractivity contribution is 6.14. The summed E-state index contributed by atoms with van der Waals surface area (Å²) in [7, 11) is 1.63. The fourth-order valence-corrected chi connectivity index (χ4v) is 7.53. The Morgan fingerprint density at radius 2 is 1.20 bits per heavy atom. The molecule has 0 saturated carbocycles. The number of rotatable bonds is 7. The van der Waals surface area contributed by atoms with Gasteiger partial charge in [0, 0.05) is 43.0 Å². The average molecular weight is 685 g/mol. The van der Waals surface area contributed by atoms with Crippen molar-refractivity contribution in [2.24, 2.45) is 0 Å². The first-order valence-corrected chi connectivity index (χ1v) is 17.2. The zero-order chi connectivity index (χ0) is 34.4. The molecule has 1 unspecified atom stereocenters. The normalized spacial score (nSPS) is 19.1. The van der Waals surface area contributed by atoms with Gasteiger partial charge in [0.05, 0.1) is 39.6 Å². The Balaban J connectivity index is 1.10. The molecule has 3 saturated heterocycles. The molecule has 0 aliphatic carbocycles. The van der Waals surface area contributed by atoms with Gasteiger partial charge in [-0.2, -0.15) is 15.0 Å². The summed E-state index contributed by atoms with van der Waals surface area (Å²) >= 11 is 0. The molecule has 5 heterocycles. The van der Waals surface area contributed by atoms with Gasteiger partial charge >= 0.3 is 6.01 Å². The number of β-lactam (4-membered cyclic amide) rings is 1. The maximum atomic E-state index is 14.8. The third kappa shape index (κ3) is 5.29. The zero-order valence-corrected chi connectivity index (χ0v) is 28.1. The average Bonchev–Trinajstić information content (AvgIpc) is 3.20. The number of morpholine rings is 2. The standard InChI is InChI=1S/C39H36N6O6/c1-47-28-16-12-27(13-17-28)45-34(39(35(45)46)30-6-2-4-8-32(30)51-33-9-5-3-7-31(33)39)26-10-14-29(15-11-26)50-38-41-36(43-18-22-48-23-19-43)40-37(42-38)44-20-24-49-25-21-44/h2-17,34H,18-25H2,1H3. The summed E-state index contributed by atoms with van der Waals surface area (Å²) in [5.74, 6) is 3.71. The van der Waals surface area contributed by atoms with Crippen molar-refractivity contribution in [1.82, 2.24) is 15.0 Å². The summed E-state index contributed by atoms with van der Waals surface area (Å²) in [6.07, 6.45) is 0. The molecule has 4 aliphatic rings. The lowest BCUT2D eigenvalue weighted by Crippen LogP contribution is -2.67. The first kappa shape index (κ1) is 31.3. The second-order valence-corrected chi connectivity index (χ2v) is 12.8. The van der Waals surface area contributed by atoms with E-state index in [1.807, 2.05) is 102 Å². The number of amides is 1. The lowest BCUT2D eigenvalue weighted by molar-refractivity contribution is -0.131. The highest BCUT2D eigenvalue weighted by atomic mass is 16.5. The lowest BCUT2D eigenvalue weighted by Gasteiger charge is -2.58. The van der Waals surface area contributed by atoms with E-state index >= 15 is 0 Å². The molecule has 0 bridgehead atoms. The van der Waals surface area contributed by atoms with Crippen molar-refractivity contribution >= 4 is 23.5 Å². The van der Waals surface area contributed by atoms with Gasteiger partial charge in [-0.15, -0.1) is 0 Å². The second-order valence-electron chi connectivity index (χ2n) is 12.8. The minimum atomic E-state index is -1.01. The number of hydrogen-bond acceptors (Lipinski definition) is 11. The molecule has 1 spiro atoms. The molecule has 4 aromatic carbocycles. The number of benzene rings is 4. The SMILES string of the molecule is COc1ccc(N2C(=O)C3(c4ccccc4Oc4ccccc43)C2c2ccc(Oc3nc(N4CCOCC4)nc(N4CCOCC4)n3)cc2)cc1. The Bertz CT molecular complexity index is 1980. The van der Waals surface area contributed by atoms with Crippen molar-refractivity contribution < 1.29 is 28.5 Å². The van der Waals surface area contributed by atoms with E-state index < -0.39 is 11.5 Å². The fourth-order valence-electron chi connectivity index (χ4n) is 7.53. The van der Waals surface area contributed by atoms with Gasteiger partial charge in [0.25, 0.3) is 0 Å². The summed E-state index contributed by atoms with van der Waals surface area (Å²) in [5.41, 5.74) is 2.36. The molecule has 0 N–H and O–H groups in total. The molecule has 0 radical (unpaired) electrons. The molecule has 51 heavy (non-hydrogen) atoms. The quantitative estimate of drug-likeness (QED) is 0.202. The van der Waals surface area contributed by atoms with Crippen LogP contribution in [-0.4, -0.2) is 80.6 Å². The van der Waals surface area contributed by atoms with Crippen LogP contribution in [0.25, 0.3) is 0 Å². The van der Waals surface area contributed by atoms with Crippen LogP contribution >= 0.6 is 0 Å². The van der Waals surface area contributed by atoms with Crippen LogP contribution in [0, 0.1) is 0 Å². The van der Waals surface area contributed by atoms with Gasteiger partial charge in [-0.1, -0.05) is 48.5 Å². The predicted molar refractivity (Wildman–Crippen MR) is 189 cm³/mol. The number of nitrogens with zero attached hydrogens (tertiary/aromatic N) is 6. The summed E-state index contributed by atoms with van der Waals surface area (Å²) in [6.45, 7) is 5.17. The Hall–Kier alpha value is -5.72. The molecular formula is C39H36N6O6. The first-order valence-electron chi connectivity index (χ1n) is 17.2. The Morgan fingerprint density at radius 1 is 0.667 bits per heavy atom. The summed E-state index contributed by atoms with van der Waals surface area (Å²) in [4.78, 5) is 35.1. The van der Waals surface area contributed by atoms with Crippen molar-refractivity contribution in [3.8, 4) is 29.0 Å². The molecular weight excluding hydrogens is 648 g/mol. The van der Waals surface area contributed by atoms with Gasteiger partial charge in [0.15, 0.2) is 0 Å². The number of carbonyl (C=O) groups is 1. The van der Waals surface area contributed by atoms with E-state index in [0.29, 0.717) is 87.5 Å². The highest BCUT2D eigenvalue weighted by Crippen LogP contribution is 2.63. The summed E-state index contributed by atoms with van der Waals surface area (Å²) in [6, 6.07) is 30.9. The van der Waals surface area contributed by atoms with Crippen LogP contribution in [0.15, 0.2) is 97.1 Å². The van der Waals surface area contributed by atoms with E-state index in [1.54, 1.807) is 7.11 Å². The van der Waals surface area contributed by atoms with E-state index in [4.69, 9.17) is 38.6 Å². The van der Waals surface area contributed by atoms with Crippen LogP contribution in [0.2, 0.25) is 0 Å². The monoisotopic (exact) mass is 684 g/mol. The molecule has 258 valence electrons. The van der Waals surface area contributed by atoms with Crippen LogP contribution in [0.5, 0.6) is 29.0 Å². The van der Waals surface area contributed by atoms with Crippen LogP contribution < -0.4 is 28.9 Å². The number of hydrogen-bond donors (Lipinski definition) is 0. The molecule has 5 aromatic rings. The number of para-hydroxylation sites is 2. The Morgan fingerprint density at radius 3 is 1.75 bits per heavy atom. The number of aromatic nitrogens is 3. The number of methoxy groups -OCH3 is 1. The van der Waals surface area contributed by atoms with Gasteiger partial charge in [-0.25, -0.2) is 0 Å². The molecule has 1 amide bonds. The number of anilines is 3. The molecule has 12 heteroatoms. The van der Waals surface area contributed by atoms with Crippen molar-refractivity contribution in [3.05, 3.63) is 114 Å². The van der Waals surface area contributed by atoms with Crippen molar-refractivity contribution in [2.75, 3.05) is 74.4 Å². The maximum absolute atomic E-state index is 14.8. The maximum Gasteiger partial charge on any atom is 0.328 e. The van der Waals surface area contributed by atoms with Gasteiger partial charge in [0.2, 0.25) is 17.8 Å². The van der Waals surface area contributed by atoms with E-state index in [-0.39, 0.29) is 11.9 Å². The fraction of sp³-hybridized carbons (Fsp3) is 0.282. The van der Waals surface area contributed by atoms with Gasteiger partial charge in [-0.3, -0.25) is 4.79 Å². The number of fused-ring (bicyclic) bond motifs is 4. The van der Waals surface area contributed by atoms with Gasteiger partial charge < -0.3 is 38.4 Å². The molecule has 4 aliphatic heterocycles. The van der Waals surface area contributed by atoms with E-state index in [1.165, 1.54) is 0 Å². The molecule has 9 rings (SSSR count). The highest BCUT2D eigenvalue weighted by Gasteiger charge is 2.66. The van der Waals surface area contributed by atoms with Gasteiger partial charge in [-0.05, 0) is 54.1 Å². The van der Waals surface area contributed by atoms with Crippen LogP contribution in [0.1, 0.15) is 22.7 Å². The second kappa shape index (κ2) is 12.9. The number of ether oxygens (including phenoxy) is 5. The number of carbonyl (C=O) groups excluding carboxylic acids is 1. The minimum Gasteiger partial charge on any atom is -0.497 e.